The van der Waals surface area contributed by atoms with E-state index in [4.69, 9.17) is 16.7 Å². The van der Waals surface area contributed by atoms with Gasteiger partial charge in [0.1, 0.15) is 11.3 Å². The van der Waals surface area contributed by atoms with Gasteiger partial charge in [-0.1, -0.05) is 24.3 Å². The number of aliphatic hydroxyl groups is 1. The zero-order valence-corrected chi connectivity index (χ0v) is 5.86. The highest BCUT2D eigenvalue weighted by Crippen LogP contribution is 1.98. The van der Waals surface area contributed by atoms with Crippen LogP contribution in [-0.4, -0.2) is 17.2 Å². The number of halogens is 1. The highest BCUT2D eigenvalue weighted by molar-refractivity contribution is 6.21. The number of rotatable bonds is 4. The third kappa shape index (κ3) is 4.06. The zero-order chi connectivity index (χ0) is 7.28. The van der Waals surface area contributed by atoms with Gasteiger partial charge in [0.25, 0.3) is 0 Å². The molecule has 2 N–H and O–H groups in total. The summed E-state index contributed by atoms with van der Waals surface area (Å²) in [4.78, 5) is 0. The van der Waals surface area contributed by atoms with Gasteiger partial charge in [0, 0.05) is 6.54 Å². The van der Waals surface area contributed by atoms with E-state index in [0.29, 0.717) is 6.54 Å². The minimum atomic E-state index is -0.567. The first-order chi connectivity index (χ1) is 4.18. The molecule has 9 heavy (non-hydrogen) atoms. The van der Waals surface area contributed by atoms with Gasteiger partial charge in [0.05, 0.1) is 0 Å². The van der Waals surface area contributed by atoms with E-state index >= 15 is 0 Å². The van der Waals surface area contributed by atoms with E-state index in [9.17, 15) is 0 Å². The topological polar surface area (TPSA) is 32.3 Å². The number of nitrogens with one attached hydrogen (secondary N) is 1. The largest absolute Gasteiger partial charge is 0.510 e. The van der Waals surface area contributed by atoms with Crippen LogP contribution in [0, 0.1) is 0 Å². The second kappa shape index (κ2) is 4.41. The van der Waals surface area contributed by atoms with Gasteiger partial charge < -0.3 is 5.11 Å². The molecule has 0 aromatic carbocycles. The molecule has 1 atom stereocenters. The molecular weight excluding hydrogens is 138 g/mol. The van der Waals surface area contributed by atoms with Crippen molar-refractivity contribution >= 4 is 11.6 Å². The summed E-state index contributed by atoms with van der Waals surface area (Å²) in [6.45, 7) is 7.26. The summed E-state index contributed by atoms with van der Waals surface area (Å²) < 4.78 is 0. The summed E-state index contributed by atoms with van der Waals surface area (Å²) >= 11 is 5.49. The van der Waals surface area contributed by atoms with Crippen molar-refractivity contribution in [2.45, 2.75) is 5.50 Å². The van der Waals surface area contributed by atoms with Crippen LogP contribution in [0.15, 0.2) is 25.0 Å². The molecule has 0 aromatic heterocycles. The highest BCUT2D eigenvalue weighted by atomic mass is 35.5. The van der Waals surface area contributed by atoms with Crippen molar-refractivity contribution in [2.75, 3.05) is 6.54 Å². The highest BCUT2D eigenvalue weighted by Gasteiger charge is 2.02. The van der Waals surface area contributed by atoms with Crippen LogP contribution in [-0.2, 0) is 0 Å². The quantitative estimate of drug-likeness (QED) is 0.273. The molecule has 0 heterocycles. The maximum Gasteiger partial charge on any atom is 0.140 e. The van der Waals surface area contributed by atoms with Crippen LogP contribution < -0.4 is 5.32 Å². The Balaban J connectivity index is 3.37. The summed E-state index contributed by atoms with van der Waals surface area (Å²) in [5.74, 6) is -0.0708. The first-order valence-corrected chi connectivity index (χ1v) is 2.98. The Bertz CT molecular complexity index is 114. The maximum atomic E-state index is 8.62. The molecule has 0 spiro atoms. The Kier molecular flexibility index (Phi) is 4.18. The standard InChI is InChI=1S/C6H10ClNO/c1-3-4-8-6(7)5(2)9/h3,6,8-9H,1-2,4H2. The molecule has 52 valence electrons. The molecule has 0 fully saturated rings. The van der Waals surface area contributed by atoms with E-state index in [1.807, 2.05) is 0 Å². The van der Waals surface area contributed by atoms with E-state index in [-0.39, 0.29) is 5.76 Å². The summed E-state index contributed by atoms with van der Waals surface area (Å²) in [6.07, 6.45) is 1.65. The van der Waals surface area contributed by atoms with E-state index in [2.05, 4.69) is 18.5 Å². The Morgan fingerprint density at radius 1 is 1.89 bits per heavy atom. The van der Waals surface area contributed by atoms with Crippen molar-refractivity contribution in [3.63, 3.8) is 0 Å². The zero-order valence-electron chi connectivity index (χ0n) is 5.10. The smallest absolute Gasteiger partial charge is 0.140 e. The average molecular weight is 148 g/mol. The molecule has 0 saturated carbocycles. The van der Waals surface area contributed by atoms with Gasteiger partial charge in [-0.15, -0.1) is 6.58 Å². The lowest BCUT2D eigenvalue weighted by Gasteiger charge is -2.06. The van der Waals surface area contributed by atoms with Gasteiger partial charge in [-0.25, -0.2) is 0 Å². The number of hydrogen-bond donors (Lipinski definition) is 2. The minimum absolute atomic E-state index is 0.0708. The van der Waals surface area contributed by atoms with Gasteiger partial charge in [0.2, 0.25) is 0 Å². The van der Waals surface area contributed by atoms with Crippen LogP contribution in [0.1, 0.15) is 0 Å². The van der Waals surface area contributed by atoms with Crippen molar-refractivity contribution in [1.29, 1.82) is 0 Å². The van der Waals surface area contributed by atoms with Gasteiger partial charge >= 0.3 is 0 Å². The molecule has 0 rings (SSSR count). The molecule has 2 nitrogen and oxygen atoms in total. The molecule has 0 aliphatic heterocycles. The Labute approximate surface area is 59.8 Å². The lowest BCUT2D eigenvalue weighted by atomic mass is 10.5. The van der Waals surface area contributed by atoms with Crippen molar-refractivity contribution < 1.29 is 5.11 Å². The number of alkyl halides is 1. The predicted molar refractivity (Wildman–Crippen MR) is 39.6 cm³/mol. The lowest BCUT2D eigenvalue weighted by Crippen LogP contribution is -2.24. The lowest BCUT2D eigenvalue weighted by molar-refractivity contribution is 0.381. The van der Waals surface area contributed by atoms with Crippen LogP contribution in [0.5, 0.6) is 0 Å². The van der Waals surface area contributed by atoms with Crippen molar-refractivity contribution in [2.24, 2.45) is 0 Å². The fourth-order valence-electron chi connectivity index (χ4n) is 0.305. The third-order valence-electron chi connectivity index (χ3n) is 0.734. The van der Waals surface area contributed by atoms with Crippen LogP contribution >= 0.6 is 11.6 Å². The number of aliphatic hydroxyl groups excluding tert-OH is 1. The monoisotopic (exact) mass is 147 g/mol. The van der Waals surface area contributed by atoms with E-state index < -0.39 is 5.50 Å². The Hall–Kier alpha value is -0.470. The molecule has 0 amide bonds. The summed E-state index contributed by atoms with van der Waals surface area (Å²) in [5.41, 5.74) is -0.567. The second-order valence-electron chi connectivity index (χ2n) is 1.55. The normalized spacial score (nSPS) is 12.6. The molecule has 0 radical (unpaired) electrons. The van der Waals surface area contributed by atoms with Gasteiger partial charge in [-0.3, -0.25) is 5.32 Å². The van der Waals surface area contributed by atoms with Crippen molar-refractivity contribution in [3.05, 3.63) is 25.0 Å². The van der Waals surface area contributed by atoms with Crippen molar-refractivity contribution in [1.82, 2.24) is 5.32 Å². The van der Waals surface area contributed by atoms with E-state index in [1.54, 1.807) is 6.08 Å². The van der Waals surface area contributed by atoms with E-state index in [1.165, 1.54) is 0 Å². The van der Waals surface area contributed by atoms with Gasteiger partial charge in [-0.05, 0) is 0 Å². The van der Waals surface area contributed by atoms with E-state index in [0.717, 1.165) is 0 Å². The molecule has 0 saturated heterocycles. The third-order valence-corrected chi connectivity index (χ3v) is 1.14. The van der Waals surface area contributed by atoms with Crippen LogP contribution in [0.2, 0.25) is 0 Å². The first-order valence-electron chi connectivity index (χ1n) is 2.54. The molecule has 0 aliphatic carbocycles. The Morgan fingerprint density at radius 2 is 2.44 bits per heavy atom. The van der Waals surface area contributed by atoms with Gasteiger partial charge in [0.15, 0.2) is 0 Å². The predicted octanol–water partition coefficient (Wildman–Crippen LogP) is 1.40. The fourth-order valence-corrected chi connectivity index (χ4v) is 0.394. The van der Waals surface area contributed by atoms with Crippen molar-refractivity contribution in [3.8, 4) is 0 Å². The number of hydrogen-bond acceptors (Lipinski definition) is 2. The average Bonchev–Trinajstić information content (AvgIpc) is 1.82. The molecule has 0 bridgehead atoms. The summed E-state index contributed by atoms with van der Waals surface area (Å²) in [7, 11) is 0. The van der Waals surface area contributed by atoms with Crippen LogP contribution in [0.3, 0.4) is 0 Å². The molecule has 3 heteroatoms. The second-order valence-corrected chi connectivity index (χ2v) is 1.99. The molecule has 0 aliphatic rings. The van der Waals surface area contributed by atoms with Gasteiger partial charge in [-0.2, -0.15) is 0 Å². The fraction of sp³-hybridized carbons (Fsp3) is 0.333. The maximum absolute atomic E-state index is 8.62. The molecule has 1 unspecified atom stereocenters. The van der Waals surface area contributed by atoms with Crippen LogP contribution in [0.25, 0.3) is 0 Å². The summed E-state index contributed by atoms with van der Waals surface area (Å²) in [6, 6.07) is 0. The van der Waals surface area contributed by atoms with Crippen LogP contribution in [0.4, 0.5) is 0 Å². The minimum Gasteiger partial charge on any atom is -0.510 e. The molecular formula is C6H10ClNO. The molecule has 0 aromatic rings. The SMILES string of the molecule is C=CCNC(Cl)C(=C)O. The Morgan fingerprint density at radius 3 is 2.78 bits per heavy atom. The summed E-state index contributed by atoms with van der Waals surface area (Å²) in [5, 5.41) is 11.4. The first kappa shape index (κ1) is 8.53.